The zero-order chi connectivity index (χ0) is 15.2. The zero-order valence-corrected chi connectivity index (χ0v) is 12.3. The molecule has 0 saturated heterocycles. The Kier molecular flexibility index (Phi) is 5.20. The molecule has 1 aliphatic rings. The normalized spacial score (nSPS) is 21.0. The highest BCUT2D eigenvalue weighted by atomic mass is 16.4. The Bertz CT molecular complexity index is 490. The fourth-order valence-electron chi connectivity index (χ4n) is 2.76. The van der Waals surface area contributed by atoms with Crippen LogP contribution in [0.15, 0.2) is 30.3 Å². The number of aliphatic carboxylic acids is 1. The maximum Gasteiger partial charge on any atom is 0.322 e. The van der Waals surface area contributed by atoms with Crippen LogP contribution in [0.3, 0.4) is 0 Å². The molecule has 5 heteroatoms. The topological polar surface area (TPSA) is 69.6 Å². The van der Waals surface area contributed by atoms with Crippen molar-refractivity contribution in [2.45, 2.75) is 38.6 Å². The molecular formula is C16H22N2O3. The number of carbonyl (C=O) groups excluding carboxylic acids is 1. The Morgan fingerprint density at radius 2 is 2.00 bits per heavy atom. The molecule has 0 spiro atoms. The predicted molar refractivity (Wildman–Crippen MR) is 81.4 cm³/mol. The lowest BCUT2D eigenvalue weighted by Crippen LogP contribution is -2.46. The van der Waals surface area contributed by atoms with Crippen LogP contribution in [0.25, 0.3) is 0 Å². The largest absolute Gasteiger partial charge is 0.481 e. The molecule has 114 valence electrons. The summed E-state index contributed by atoms with van der Waals surface area (Å²) in [6.45, 7) is 2.31. The van der Waals surface area contributed by atoms with Gasteiger partial charge in [0.1, 0.15) is 0 Å². The number of amides is 2. The van der Waals surface area contributed by atoms with Gasteiger partial charge < -0.3 is 10.4 Å². The molecule has 1 fully saturated rings. The van der Waals surface area contributed by atoms with E-state index in [-0.39, 0.29) is 25.0 Å². The number of carboxylic acids is 1. The number of nitrogens with zero attached hydrogens (tertiary/aromatic N) is 1. The van der Waals surface area contributed by atoms with Gasteiger partial charge >= 0.3 is 12.0 Å². The summed E-state index contributed by atoms with van der Waals surface area (Å²) in [5, 5.41) is 11.9. The summed E-state index contributed by atoms with van der Waals surface area (Å²) in [4.78, 5) is 24.8. The molecule has 21 heavy (non-hydrogen) atoms. The van der Waals surface area contributed by atoms with E-state index >= 15 is 0 Å². The number of nitrogens with one attached hydrogen (secondary N) is 1. The Hall–Kier alpha value is -2.04. The third-order valence-electron chi connectivity index (χ3n) is 4.03. The fourth-order valence-corrected chi connectivity index (χ4v) is 2.76. The smallest absolute Gasteiger partial charge is 0.322 e. The first kappa shape index (κ1) is 15.4. The van der Waals surface area contributed by atoms with Crippen LogP contribution in [0.2, 0.25) is 0 Å². The molecule has 1 saturated carbocycles. The Morgan fingerprint density at radius 1 is 1.29 bits per heavy atom. The monoisotopic (exact) mass is 290 g/mol. The first-order valence-corrected chi connectivity index (χ1v) is 7.43. The van der Waals surface area contributed by atoms with Gasteiger partial charge in [-0.15, -0.1) is 0 Å². The Morgan fingerprint density at radius 3 is 2.57 bits per heavy atom. The highest BCUT2D eigenvalue weighted by molar-refractivity contribution is 5.92. The van der Waals surface area contributed by atoms with E-state index in [9.17, 15) is 9.59 Å². The van der Waals surface area contributed by atoms with Crippen LogP contribution in [0.1, 0.15) is 32.6 Å². The number of carbonyl (C=O) groups is 2. The molecule has 1 aromatic carbocycles. The molecule has 0 bridgehead atoms. The van der Waals surface area contributed by atoms with Crippen molar-refractivity contribution in [3.8, 4) is 0 Å². The van der Waals surface area contributed by atoms with E-state index in [1.54, 1.807) is 0 Å². The van der Waals surface area contributed by atoms with Crippen LogP contribution in [-0.4, -0.2) is 29.7 Å². The predicted octanol–water partition coefficient (Wildman–Crippen LogP) is 2.87. The number of hydrogen-bond donors (Lipinski definition) is 2. The number of anilines is 1. The number of urea groups is 1. The van der Waals surface area contributed by atoms with Crippen LogP contribution >= 0.6 is 0 Å². The lowest BCUT2D eigenvalue weighted by atomic mass is 10.1. The average Bonchev–Trinajstić information content (AvgIpc) is 2.85. The minimum Gasteiger partial charge on any atom is -0.481 e. The summed E-state index contributed by atoms with van der Waals surface area (Å²) >= 11 is 0. The summed E-state index contributed by atoms with van der Waals surface area (Å²) in [7, 11) is 0. The number of benzene rings is 1. The number of hydrogen-bond acceptors (Lipinski definition) is 2. The van der Waals surface area contributed by atoms with Gasteiger partial charge in [0.25, 0.3) is 0 Å². The van der Waals surface area contributed by atoms with Crippen LogP contribution in [0, 0.1) is 5.92 Å². The Labute approximate surface area is 125 Å². The molecule has 2 amide bonds. The van der Waals surface area contributed by atoms with Gasteiger partial charge in [-0.25, -0.2) is 4.79 Å². The molecule has 2 rings (SSSR count). The maximum atomic E-state index is 12.5. The molecule has 0 radical (unpaired) electrons. The molecule has 0 aliphatic heterocycles. The van der Waals surface area contributed by atoms with Crippen molar-refractivity contribution in [2.75, 3.05) is 11.4 Å². The van der Waals surface area contributed by atoms with E-state index in [0.29, 0.717) is 5.92 Å². The van der Waals surface area contributed by atoms with Crippen molar-refractivity contribution in [2.24, 2.45) is 5.92 Å². The minimum atomic E-state index is -0.905. The van der Waals surface area contributed by atoms with Gasteiger partial charge in [0.05, 0.1) is 6.42 Å². The van der Waals surface area contributed by atoms with Gasteiger partial charge in [0.2, 0.25) is 0 Å². The molecule has 5 nitrogen and oxygen atoms in total. The van der Waals surface area contributed by atoms with Gasteiger partial charge in [0.15, 0.2) is 0 Å². The average molecular weight is 290 g/mol. The zero-order valence-electron chi connectivity index (χ0n) is 12.3. The van der Waals surface area contributed by atoms with Gasteiger partial charge in [-0.05, 0) is 30.9 Å². The second-order valence-corrected chi connectivity index (χ2v) is 5.60. The molecule has 2 unspecified atom stereocenters. The summed E-state index contributed by atoms with van der Waals surface area (Å²) in [5.41, 5.74) is 0.724. The summed E-state index contributed by atoms with van der Waals surface area (Å²) in [6.07, 6.45) is 3.19. The minimum absolute atomic E-state index is 0.0669. The van der Waals surface area contributed by atoms with Crippen molar-refractivity contribution in [1.82, 2.24) is 5.32 Å². The van der Waals surface area contributed by atoms with Crippen molar-refractivity contribution >= 4 is 17.7 Å². The molecule has 2 N–H and O–H groups in total. The first-order valence-electron chi connectivity index (χ1n) is 7.43. The van der Waals surface area contributed by atoms with Crippen LogP contribution < -0.4 is 10.2 Å². The van der Waals surface area contributed by atoms with E-state index in [4.69, 9.17) is 5.11 Å². The van der Waals surface area contributed by atoms with E-state index in [1.807, 2.05) is 30.3 Å². The highest BCUT2D eigenvalue weighted by Crippen LogP contribution is 2.25. The SMILES string of the molecule is CC1CCCC1NC(=O)N(CCC(=O)O)c1ccccc1. The standard InChI is InChI=1S/C16H22N2O3/c1-12-6-5-9-14(12)17-16(21)18(11-10-15(19)20)13-7-3-2-4-8-13/h2-4,7-8,12,14H,5-6,9-11H2,1H3,(H,17,21)(H,19,20). The van der Waals surface area contributed by atoms with Gasteiger partial charge in [-0.1, -0.05) is 31.5 Å². The van der Waals surface area contributed by atoms with E-state index in [2.05, 4.69) is 12.2 Å². The van der Waals surface area contributed by atoms with E-state index in [0.717, 1.165) is 24.9 Å². The van der Waals surface area contributed by atoms with Crippen molar-refractivity contribution in [3.05, 3.63) is 30.3 Å². The van der Waals surface area contributed by atoms with Crippen molar-refractivity contribution in [3.63, 3.8) is 0 Å². The molecule has 1 aromatic rings. The number of para-hydroxylation sites is 1. The van der Waals surface area contributed by atoms with Crippen LogP contribution in [-0.2, 0) is 4.79 Å². The lowest BCUT2D eigenvalue weighted by Gasteiger charge is -2.26. The highest BCUT2D eigenvalue weighted by Gasteiger charge is 2.27. The third kappa shape index (κ3) is 4.21. The fraction of sp³-hybridized carbons (Fsp3) is 0.500. The molecule has 1 aliphatic carbocycles. The number of carboxylic acid groups (broad SMARTS) is 1. The summed E-state index contributed by atoms with van der Waals surface area (Å²) < 4.78 is 0. The van der Waals surface area contributed by atoms with Crippen molar-refractivity contribution in [1.29, 1.82) is 0 Å². The second kappa shape index (κ2) is 7.11. The van der Waals surface area contributed by atoms with E-state index < -0.39 is 5.97 Å². The van der Waals surface area contributed by atoms with Crippen LogP contribution in [0.5, 0.6) is 0 Å². The first-order chi connectivity index (χ1) is 10.1. The molecule has 0 heterocycles. The summed E-state index contributed by atoms with van der Waals surface area (Å²) in [6, 6.07) is 9.17. The maximum absolute atomic E-state index is 12.5. The third-order valence-corrected chi connectivity index (χ3v) is 4.03. The van der Waals surface area contributed by atoms with Gasteiger partial charge in [-0.3, -0.25) is 9.69 Å². The van der Waals surface area contributed by atoms with E-state index in [1.165, 1.54) is 4.90 Å². The molecule has 2 atom stereocenters. The lowest BCUT2D eigenvalue weighted by molar-refractivity contribution is -0.136. The van der Waals surface area contributed by atoms with Crippen molar-refractivity contribution < 1.29 is 14.7 Å². The second-order valence-electron chi connectivity index (χ2n) is 5.60. The molecular weight excluding hydrogens is 268 g/mol. The quantitative estimate of drug-likeness (QED) is 0.876. The van der Waals surface area contributed by atoms with Gasteiger partial charge in [-0.2, -0.15) is 0 Å². The molecule has 0 aromatic heterocycles. The Balaban J connectivity index is 2.06. The number of rotatable bonds is 5. The van der Waals surface area contributed by atoms with Gasteiger partial charge in [0, 0.05) is 18.3 Å². The summed E-state index contributed by atoms with van der Waals surface area (Å²) in [5.74, 6) is -0.427. The van der Waals surface area contributed by atoms with Crippen LogP contribution in [0.4, 0.5) is 10.5 Å².